The summed E-state index contributed by atoms with van der Waals surface area (Å²) < 4.78 is 6.37. The SMILES string of the molecule is CCN=c1ccc2c(-c3ccc(C)cc3C(=O)O)c3ccc(N(CC)CC)cc3oc-2c1. The van der Waals surface area contributed by atoms with Gasteiger partial charge in [-0.15, -0.1) is 0 Å². The van der Waals surface area contributed by atoms with Gasteiger partial charge in [0, 0.05) is 54.0 Å². The normalized spacial score (nSPS) is 11.9. The molecule has 0 fully saturated rings. The molecule has 1 heterocycles. The maximum atomic E-state index is 12.1. The fourth-order valence-electron chi connectivity index (χ4n) is 4.28. The van der Waals surface area contributed by atoms with Crippen LogP contribution in [-0.2, 0) is 0 Å². The van der Waals surface area contributed by atoms with Gasteiger partial charge in [0.1, 0.15) is 11.3 Å². The standard InChI is InChI=1S/C27H28N2O3/c1-5-28-18-9-12-21-24(15-18)32-25-16-19(29(6-2)7-3)10-13-22(25)26(21)20-11-8-17(4)14-23(20)27(30)31/h8-16H,5-7H2,1-4H3,(H,30,31). The Morgan fingerprint density at radius 1 is 0.969 bits per heavy atom. The number of benzene rings is 3. The van der Waals surface area contributed by atoms with Crippen LogP contribution in [0.15, 0.2) is 64.0 Å². The van der Waals surface area contributed by atoms with E-state index < -0.39 is 5.97 Å². The zero-order chi connectivity index (χ0) is 22.8. The highest BCUT2D eigenvalue weighted by Gasteiger charge is 2.22. The highest BCUT2D eigenvalue weighted by Crippen LogP contribution is 2.42. The first kappa shape index (κ1) is 21.6. The first-order chi connectivity index (χ1) is 15.5. The van der Waals surface area contributed by atoms with Gasteiger partial charge in [-0.25, -0.2) is 4.79 Å². The van der Waals surface area contributed by atoms with Crippen LogP contribution in [0.25, 0.3) is 33.4 Å². The van der Waals surface area contributed by atoms with E-state index in [1.807, 2.05) is 56.3 Å². The molecule has 0 amide bonds. The van der Waals surface area contributed by atoms with E-state index in [4.69, 9.17) is 4.42 Å². The summed E-state index contributed by atoms with van der Waals surface area (Å²) in [4.78, 5) is 18.9. The van der Waals surface area contributed by atoms with Crippen LogP contribution in [0.4, 0.5) is 5.69 Å². The van der Waals surface area contributed by atoms with Gasteiger partial charge in [0.15, 0.2) is 0 Å². The van der Waals surface area contributed by atoms with Gasteiger partial charge in [0.25, 0.3) is 0 Å². The Hall–Kier alpha value is -3.60. The van der Waals surface area contributed by atoms with Crippen molar-refractivity contribution in [3.05, 3.63) is 71.1 Å². The average molecular weight is 429 g/mol. The Kier molecular flexibility index (Phi) is 5.99. The van der Waals surface area contributed by atoms with Crippen molar-refractivity contribution in [1.29, 1.82) is 0 Å². The van der Waals surface area contributed by atoms with Crippen molar-refractivity contribution in [2.45, 2.75) is 27.7 Å². The number of aromatic carboxylic acids is 1. The van der Waals surface area contributed by atoms with Crippen LogP contribution < -0.4 is 10.3 Å². The van der Waals surface area contributed by atoms with Crippen molar-refractivity contribution < 1.29 is 14.3 Å². The lowest BCUT2D eigenvalue weighted by Gasteiger charge is -2.22. The number of hydrogen-bond donors (Lipinski definition) is 1. The van der Waals surface area contributed by atoms with Gasteiger partial charge in [-0.3, -0.25) is 4.99 Å². The van der Waals surface area contributed by atoms with E-state index in [0.717, 1.165) is 51.8 Å². The maximum absolute atomic E-state index is 12.1. The molecule has 0 saturated heterocycles. The Bertz CT molecular complexity index is 1330. The molecule has 164 valence electrons. The Morgan fingerprint density at radius 3 is 2.41 bits per heavy atom. The minimum atomic E-state index is -0.942. The van der Waals surface area contributed by atoms with Crippen molar-refractivity contribution in [3.63, 3.8) is 0 Å². The molecule has 4 rings (SSSR count). The molecule has 1 N–H and O–H groups in total. The molecule has 2 aromatic carbocycles. The Morgan fingerprint density at radius 2 is 1.72 bits per heavy atom. The fraction of sp³-hybridized carbons (Fsp3) is 0.259. The first-order valence-electron chi connectivity index (χ1n) is 11.1. The summed E-state index contributed by atoms with van der Waals surface area (Å²) >= 11 is 0. The molecular weight excluding hydrogens is 400 g/mol. The molecule has 0 spiro atoms. The molecule has 5 nitrogen and oxygen atoms in total. The van der Waals surface area contributed by atoms with Crippen LogP contribution >= 0.6 is 0 Å². The highest BCUT2D eigenvalue weighted by atomic mass is 16.4. The van der Waals surface area contributed by atoms with E-state index in [9.17, 15) is 9.90 Å². The molecule has 0 radical (unpaired) electrons. The minimum absolute atomic E-state index is 0.286. The second kappa shape index (κ2) is 8.87. The summed E-state index contributed by atoms with van der Waals surface area (Å²) in [6.45, 7) is 10.6. The summed E-state index contributed by atoms with van der Waals surface area (Å²) in [6.07, 6.45) is 0. The Labute approximate surface area is 188 Å². The third kappa shape index (κ3) is 3.86. The predicted octanol–water partition coefficient (Wildman–Crippen LogP) is 5.98. The lowest BCUT2D eigenvalue weighted by Crippen LogP contribution is -2.21. The van der Waals surface area contributed by atoms with Crippen molar-refractivity contribution in [2.24, 2.45) is 4.99 Å². The lowest BCUT2D eigenvalue weighted by atomic mass is 9.90. The summed E-state index contributed by atoms with van der Waals surface area (Å²) in [6, 6.07) is 17.6. The fourth-order valence-corrected chi connectivity index (χ4v) is 4.28. The molecule has 5 heteroatoms. The van der Waals surface area contributed by atoms with Crippen LogP contribution in [0, 0.1) is 6.92 Å². The number of fused-ring (bicyclic) bond motifs is 2. The molecule has 0 saturated carbocycles. The van der Waals surface area contributed by atoms with E-state index in [0.29, 0.717) is 17.9 Å². The molecule has 32 heavy (non-hydrogen) atoms. The number of carbonyl (C=O) groups is 1. The van der Waals surface area contributed by atoms with Crippen molar-refractivity contribution in [1.82, 2.24) is 0 Å². The highest BCUT2D eigenvalue weighted by molar-refractivity contribution is 6.07. The van der Waals surface area contributed by atoms with Gasteiger partial charge in [-0.1, -0.05) is 17.7 Å². The van der Waals surface area contributed by atoms with Gasteiger partial charge in [-0.05, 0) is 63.6 Å². The predicted molar refractivity (Wildman–Crippen MR) is 130 cm³/mol. The molecule has 2 aliphatic rings. The molecule has 2 aromatic rings. The summed E-state index contributed by atoms with van der Waals surface area (Å²) in [5.41, 5.74) is 5.42. The molecule has 0 bridgehead atoms. The van der Waals surface area contributed by atoms with Gasteiger partial charge in [0.05, 0.1) is 10.9 Å². The van der Waals surface area contributed by atoms with Crippen molar-refractivity contribution in [2.75, 3.05) is 24.5 Å². The number of aryl methyl sites for hydroxylation is 1. The summed E-state index contributed by atoms with van der Waals surface area (Å²) in [7, 11) is 0. The van der Waals surface area contributed by atoms with Crippen LogP contribution in [0.2, 0.25) is 0 Å². The van der Waals surface area contributed by atoms with E-state index in [-0.39, 0.29) is 5.56 Å². The largest absolute Gasteiger partial charge is 0.478 e. The maximum Gasteiger partial charge on any atom is 0.336 e. The number of anilines is 1. The van der Waals surface area contributed by atoms with Gasteiger partial charge in [-0.2, -0.15) is 0 Å². The summed E-state index contributed by atoms with van der Waals surface area (Å²) in [5.74, 6) is -0.251. The van der Waals surface area contributed by atoms with Gasteiger partial charge in [0.2, 0.25) is 0 Å². The minimum Gasteiger partial charge on any atom is -0.478 e. The molecule has 1 aliphatic heterocycles. The molecular formula is C27H28N2O3. The van der Waals surface area contributed by atoms with E-state index in [1.165, 1.54) is 0 Å². The third-order valence-corrected chi connectivity index (χ3v) is 5.83. The molecule has 1 aliphatic carbocycles. The number of rotatable bonds is 6. The zero-order valence-corrected chi connectivity index (χ0v) is 19.0. The zero-order valence-electron chi connectivity index (χ0n) is 19.0. The topological polar surface area (TPSA) is 66.0 Å². The molecule has 0 atom stereocenters. The number of carboxylic acid groups (broad SMARTS) is 1. The van der Waals surface area contributed by atoms with Crippen LogP contribution in [0.1, 0.15) is 36.7 Å². The summed E-state index contributed by atoms with van der Waals surface area (Å²) in [5, 5.41) is 11.7. The monoisotopic (exact) mass is 428 g/mol. The second-order valence-corrected chi connectivity index (χ2v) is 7.84. The van der Waals surface area contributed by atoms with Gasteiger partial charge >= 0.3 is 5.97 Å². The molecule has 0 aromatic heterocycles. The van der Waals surface area contributed by atoms with Crippen molar-refractivity contribution in [3.8, 4) is 22.5 Å². The van der Waals surface area contributed by atoms with Crippen LogP contribution in [0.3, 0.4) is 0 Å². The molecule has 0 unspecified atom stereocenters. The third-order valence-electron chi connectivity index (χ3n) is 5.83. The number of nitrogens with zero attached hydrogens (tertiary/aromatic N) is 2. The van der Waals surface area contributed by atoms with E-state index in [1.54, 1.807) is 6.07 Å². The first-order valence-corrected chi connectivity index (χ1v) is 11.1. The number of carboxylic acids is 1. The van der Waals surface area contributed by atoms with E-state index >= 15 is 0 Å². The number of hydrogen-bond acceptors (Lipinski definition) is 4. The van der Waals surface area contributed by atoms with Crippen LogP contribution in [-0.4, -0.2) is 30.7 Å². The van der Waals surface area contributed by atoms with Crippen LogP contribution in [0.5, 0.6) is 0 Å². The Balaban J connectivity index is 2.12. The van der Waals surface area contributed by atoms with E-state index in [2.05, 4.69) is 29.8 Å². The lowest BCUT2D eigenvalue weighted by molar-refractivity contribution is 0.0697. The second-order valence-electron chi connectivity index (χ2n) is 7.84. The smallest absolute Gasteiger partial charge is 0.336 e. The average Bonchev–Trinajstić information content (AvgIpc) is 2.78. The van der Waals surface area contributed by atoms with Crippen molar-refractivity contribution >= 4 is 22.6 Å². The quantitative estimate of drug-likeness (QED) is 0.384. The van der Waals surface area contributed by atoms with Gasteiger partial charge < -0.3 is 14.4 Å².